The Morgan fingerprint density at radius 2 is 2.00 bits per heavy atom. The number of morpholine rings is 1. The van der Waals surface area contributed by atoms with Crippen LogP contribution in [-0.4, -0.2) is 61.4 Å². The fourth-order valence-corrected chi connectivity index (χ4v) is 2.29. The van der Waals surface area contributed by atoms with Crippen LogP contribution in [0, 0.1) is 18.3 Å². The van der Waals surface area contributed by atoms with Gasteiger partial charge in [-0.15, -0.1) is 0 Å². The first kappa shape index (κ1) is 21.1. The minimum atomic E-state index is -0.474. The second-order valence-electron chi connectivity index (χ2n) is 6.10. The molecule has 28 heavy (non-hydrogen) atoms. The molecule has 0 aliphatic carbocycles. The summed E-state index contributed by atoms with van der Waals surface area (Å²) < 4.78 is 10.3. The van der Waals surface area contributed by atoms with Gasteiger partial charge in [-0.25, -0.2) is 14.8 Å². The number of amides is 2. The van der Waals surface area contributed by atoms with Crippen LogP contribution in [0.2, 0.25) is 0 Å². The minimum absolute atomic E-state index is 0.182. The largest absolute Gasteiger partial charge is 0.495 e. The number of nitrogens with one attached hydrogen (secondary N) is 2. The van der Waals surface area contributed by atoms with Crippen molar-refractivity contribution in [2.75, 3.05) is 51.1 Å². The van der Waals surface area contributed by atoms with Gasteiger partial charge in [-0.3, -0.25) is 5.32 Å². The quantitative estimate of drug-likeness (QED) is 0.834. The summed E-state index contributed by atoms with van der Waals surface area (Å²) in [6, 6.07) is 6.82. The highest BCUT2D eigenvalue weighted by molar-refractivity contribution is 6.00. The fourth-order valence-electron chi connectivity index (χ4n) is 2.29. The van der Waals surface area contributed by atoms with Gasteiger partial charge >= 0.3 is 6.03 Å². The SMILES string of the molecule is CN1CCOCC1.COc1ccc(C)cc1NC(=O)Nc1cnc(C#N)cn1. The molecule has 1 aromatic carbocycles. The number of aryl methyl sites for hydroxylation is 1. The van der Waals surface area contributed by atoms with Gasteiger partial charge in [-0.2, -0.15) is 5.26 Å². The molecule has 1 aliphatic rings. The molecule has 148 valence electrons. The topological polar surface area (TPSA) is 112 Å². The van der Waals surface area contributed by atoms with Gasteiger partial charge < -0.3 is 19.7 Å². The molecule has 9 heteroatoms. The molecule has 9 nitrogen and oxygen atoms in total. The minimum Gasteiger partial charge on any atom is -0.495 e. The van der Waals surface area contributed by atoms with E-state index in [4.69, 9.17) is 14.7 Å². The van der Waals surface area contributed by atoms with Crippen LogP contribution in [0.4, 0.5) is 16.3 Å². The molecule has 2 heterocycles. The zero-order chi connectivity index (χ0) is 20.4. The van der Waals surface area contributed by atoms with Gasteiger partial charge in [0.05, 0.1) is 38.4 Å². The van der Waals surface area contributed by atoms with Gasteiger partial charge in [0.1, 0.15) is 11.8 Å². The van der Waals surface area contributed by atoms with Gasteiger partial charge in [0.2, 0.25) is 0 Å². The van der Waals surface area contributed by atoms with Gasteiger partial charge in [-0.05, 0) is 31.7 Å². The molecule has 1 aromatic heterocycles. The van der Waals surface area contributed by atoms with Crippen molar-refractivity contribution in [3.63, 3.8) is 0 Å². The van der Waals surface area contributed by atoms with Crippen molar-refractivity contribution in [2.45, 2.75) is 6.92 Å². The Hall–Kier alpha value is -3.22. The highest BCUT2D eigenvalue weighted by atomic mass is 16.5. The van der Waals surface area contributed by atoms with E-state index in [2.05, 4.69) is 32.5 Å². The zero-order valence-electron chi connectivity index (χ0n) is 16.2. The second kappa shape index (κ2) is 10.8. The summed E-state index contributed by atoms with van der Waals surface area (Å²) in [7, 11) is 3.64. The number of nitriles is 1. The van der Waals surface area contributed by atoms with Crippen LogP contribution in [0.5, 0.6) is 5.75 Å². The number of anilines is 2. The number of rotatable bonds is 3. The van der Waals surface area contributed by atoms with E-state index in [1.807, 2.05) is 19.1 Å². The number of benzene rings is 1. The van der Waals surface area contributed by atoms with Crippen molar-refractivity contribution in [1.82, 2.24) is 14.9 Å². The second-order valence-corrected chi connectivity index (χ2v) is 6.10. The van der Waals surface area contributed by atoms with Crippen molar-refractivity contribution in [3.8, 4) is 11.8 Å². The number of urea groups is 1. The van der Waals surface area contributed by atoms with Crippen molar-refractivity contribution < 1.29 is 14.3 Å². The summed E-state index contributed by atoms with van der Waals surface area (Å²) in [6.07, 6.45) is 2.59. The molecule has 2 amide bonds. The summed E-state index contributed by atoms with van der Waals surface area (Å²) >= 11 is 0. The molecule has 0 radical (unpaired) electrons. The van der Waals surface area contributed by atoms with Crippen LogP contribution in [0.1, 0.15) is 11.3 Å². The zero-order valence-corrected chi connectivity index (χ0v) is 16.2. The number of carbonyl (C=O) groups excluding carboxylic acids is 1. The molecule has 0 atom stereocenters. The van der Waals surface area contributed by atoms with Crippen LogP contribution < -0.4 is 15.4 Å². The predicted molar refractivity (Wildman–Crippen MR) is 105 cm³/mol. The highest BCUT2D eigenvalue weighted by Gasteiger charge is 2.09. The van der Waals surface area contributed by atoms with Crippen LogP contribution in [0.25, 0.3) is 0 Å². The third-order valence-corrected chi connectivity index (χ3v) is 3.85. The Balaban J connectivity index is 0.000000336. The molecule has 0 unspecified atom stereocenters. The number of aromatic nitrogens is 2. The van der Waals surface area contributed by atoms with Crippen LogP contribution in [0.15, 0.2) is 30.6 Å². The van der Waals surface area contributed by atoms with Crippen LogP contribution >= 0.6 is 0 Å². The van der Waals surface area contributed by atoms with E-state index in [9.17, 15) is 4.79 Å². The molecular weight excluding hydrogens is 360 g/mol. The third-order valence-electron chi connectivity index (χ3n) is 3.85. The predicted octanol–water partition coefficient (Wildman–Crippen LogP) is 2.26. The van der Waals surface area contributed by atoms with E-state index in [0.29, 0.717) is 11.4 Å². The lowest BCUT2D eigenvalue weighted by Crippen LogP contribution is -2.32. The van der Waals surface area contributed by atoms with Gasteiger partial charge in [0.15, 0.2) is 11.5 Å². The highest BCUT2D eigenvalue weighted by Crippen LogP contribution is 2.25. The number of hydrogen-bond acceptors (Lipinski definition) is 7. The van der Waals surface area contributed by atoms with Crippen molar-refractivity contribution >= 4 is 17.5 Å². The normalized spacial score (nSPS) is 13.5. The third kappa shape index (κ3) is 6.83. The summed E-state index contributed by atoms with van der Waals surface area (Å²) in [6.45, 7) is 5.93. The lowest BCUT2D eigenvalue weighted by molar-refractivity contribution is 0.0503. The average molecular weight is 384 g/mol. The number of nitrogens with zero attached hydrogens (tertiary/aromatic N) is 4. The summed E-state index contributed by atoms with van der Waals surface area (Å²) in [5, 5.41) is 13.8. The monoisotopic (exact) mass is 384 g/mol. The van der Waals surface area contributed by atoms with Crippen molar-refractivity contribution in [1.29, 1.82) is 5.26 Å². The molecule has 1 saturated heterocycles. The smallest absolute Gasteiger partial charge is 0.324 e. The Labute approximate surface area is 164 Å². The molecule has 2 N–H and O–H groups in total. The van der Waals surface area contributed by atoms with E-state index in [0.717, 1.165) is 31.9 Å². The van der Waals surface area contributed by atoms with E-state index in [1.165, 1.54) is 19.5 Å². The van der Waals surface area contributed by atoms with Gasteiger partial charge in [-0.1, -0.05) is 6.07 Å². The molecule has 0 spiro atoms. The first-order valence-electron chi connectivity index (χ1n) is 8.73. The number of methoxy groups -OCH3 is 1. The van der Waals surface area contributed by atoms with E-state index >= 15 is 0 Å². The fraction of sp³-hybridized carbons (Fsp3) is 0.368. The van der Waals surface area contributed by atoms with Crippen LogP contribution in [0.3, 0.4) is 0 Å². The van der Waals surface area contributed by atoms with Crippen LogP contribution in [-0.2, 0) is 4.74 Å². The maximum atomic E-state index is 11.9. The maximum Gasteiger partial charge on any atom is 0.324 e. The van der Waals surface area contributed by atoms with E-state index in [-0.39, 0.29) is 11.5 Å². The van der Waals surface area contributed by atoms with Crippen molar-refractivity contribution in [2.24, 2.45) is 0 Å². The Bertz CT molecular complexity index is 813. The molecule has 1 aliphatic heterocycles. The van der Waals surface area contributed by atoms with Gasteiger partial charge in [0.25, 0.3) is 0 Å². The molecule has 2 aromatic rings. The Morgan fingerprint density at radius 1 is 1.25 bits per heavy atom. The van der Waals surface area contributed by atoms with E-state index in [1.54, 1.807) is 12.1 Å². The molecule has 0 bridgehead atoms. The molecule has 3 rings (SSSR count). The first-order valence-corrected chi connectivity index (χ1v) is 8.73. The number of likely N-dealkylation sites (N-methyl/N-ethyl adjacent to an activating group) is 1. The lowest BCUT2D eigenvalue weighted by atomic mass is 10.2. The number of ether oxygens (including phenoxy) is 2. The molecular formula is C19H24N6O3. The standard InChI is InChI=1S/C14H13N5O2.C5H11NO/c1-9-3-4-12(21-2)11(5-9)18-14(20)19-13-8-16-10(6-15)7-17-13;1-6-2-4-7-5-3-6/h3-5,7-8H,1-2H3,(H2,17,18,19,20);2-5H2,1H3. The first-order chi connectivity index (χ1) is 13.5. The molecule has 0 saturated carbocycles. The Kier molecular flexibility index (Phi) is 8.14. The summed E-state index contributed by atoms with van der Waals surface area (Å²) in [5.74, 6) is 0.805. The van der Waals surface area contributed by atoms with Crippen molar-refractivity contribution in [3.05, 3.63) is 41.9 Å². The van der Waals surface area contributed by atoms with Gasteiger partial charge in [0, 0.05) is 13.1 Å². The maximum absolute atomic E-state index is 11.9. The average Bonchev–Trinajstić information content (AvgIpc) is 2.70. The van der Waals surface area contributed by atoms with E-state index < -0.39 is 6.03 Å². The molecule has 1 fully saturated rings. The number of hydrogen-bond donors (Lipinski definition) is 2. The Morgan fingerprint density at radius 3 is 2.54 bits per heavy atom. The summed E-state index contributed by atoms with van der Waals surface area (Å²) in [5.41, 5.74) is 1.72. The summed E-state index contributed by atoms with van der Waals surface area (Å²) in [4.78, 5) is 21.9. The lowest BCUT2D eigenvalue weighted by Gasteiger charge is -2.21. The number of carbonyl (C=O) groups is 1.